The van der Waals surface area contributed by atoms with Gasteiger partial charge in [-0.15, -0.1) is 0 Å². The molecule has 0 aliphatic carbocycles. The van der Waals surface area contributed by atoms with Crippen LogP contribution in [-0.4, -0.2) is 30.3 Å². The van der Waals surface area contributed by atoms with Crippen molar-refractivity contribution >= 4 is 27.4 Å². The van der Waals surface area contributed by atoms with Gasteiger partial charge >= 0.3 is 0 Å². The first kappa shape index (κ1) is 10.4. The molecular weight excluding hydrogens is 270 g/mol. The zero-order valence-electron chi connectivity index (χ0n) is 8.90. The number of aromatic nitrogens is 1. The average Bonchev–Trinajstić information content (AvgIpc) is 2.58. The van der Waals surface area contributed by atoms with Crippen molar-refractivity contribution in [2.75, 3.05) is 23.7 Å². The summed E-state index contributed by atoms with van der Waals surface area (Å²) in [6, 6.07) is 1.90. The Kier molecular flexibility index (Phi) is 2.52. The number of nitrogen functional groups attached to an aromatic ring is 1. The van der Waals surface area contributed by atoms with E-state index < -0.39 is 0 Å². The fraction of sp³-hybridized carbons (Fsp3) is 0.545. The van der Waals surface area contributed by atoms with E-state index in [-0.39, 0.29) is 0 Å². The van der Waals surface area contributed by atoms with Crippen LogP contribution in [-0.2, 0) is 4.74 Å². The lowest BCUT2D eigenvalue weighted by atomic mass is 10.2. The number of nitrogens with two attached hydrogens (primary N) is 1. The van der Waals surface area contributed by atoms with Crippen LogP contribution in [0.5, 0.6) is 0 Å². The van der Waals surface area contributed by atoms with Gasteiger partial charge in [0.25, 0.3) is 0 Å². The fourth-order valence-electron chi connectivity index (χ4n) is 2.50. The van der Waals surface area contributed by atoms with Crippen LogP contribution >= 0.6 is 15.9 Å². The predicted octanol–water partition coefficient (Wildman–Crippen LogP) is 1.79. The maximum Gasteiger partial charge on any atom is 0.152 e. The van der Waals surface area contributed by atoms with Crippen molar-refractivity contribution in [2.45, 2.75) is 25.0 Å². The first-order valence-electron chi connectivity index (χ1n) is 5.54. The number of hydrogen-bond donors (Lipinski definition) is 1. The van der Waals surface area contributed by atoms with Crippen LogP contribution in [0.4, 0.5) is 11.5 Å². The Hall–Kier alpha value is -0.810. The van der Waals surface area contributed by atoms with E-state index in [9.17, 15) is 0 Å². The van der Waals surface area contributed by atoms with Gasteiger partial charge in [0.05, 0.1) is 17.9 Å². The summed E-state index contributed by atoms with van der Waals surface area (Å²) in [5.41, 5.74) is 6.72. The van der Waals surface area contributed by atoms with Gasteiger partial charge in [-0.25, -0.2) is 4.98 Å². The standard InChI is InChI=1S/C11H14BrN3O/c12-7-3-10(13)11(14-4-7)15-5-8-1-2-9(6-15)16-8/h3-4,8-9H,1-2,5-6,13H2. The number of halogens is 1. The summed E-state index contributed by atoms with van der Waals surface area (Å²) in [5.74, 6) is 0.892. The number of pyridine rings is 1. The normalized spacial score (nSPS) is 28.4. The summed E-state index contributed by atoms with van der Waals surface area (Å²) < 4.78 is 6.71. The van der Waals surface area contributed by atoms with E-state index in [0.717, 1.165) is 41.9 Å². The Morgan fingerprint density at radius 2 is 2.06 bits per heavy atom. The van der Waals surface area contributed by atoms with Crippen molar-refractivity contribution in [1.29, 1.82) is 0 Å². The molecule has 0 radical (unpaired) electrons. The minimum absolute atomic E-state index is 0.364. The van der Waals surface area contributed by atoms with Gasteiger partial charge in [0.2, 0.25) is 0 Å². The minimum Gasteiger partial charge on any atom is -0.396 e. The maximum atomic E-state index is 5.99. The quantitative estimate of drug-likeness (QED) is 0.854. The lowest BCUT2D eigenvalue weighted by Crippen LogP contribution is -2.43. The highest BCUT2D eigenvalue weighted by Gasteiger charge is 2.34. The van der Waals surface area contributed by atoms with Crippen molar-refractivity contribution < 1.29 is 4.74 Å². The molecule has 86 valence electrons. The summed E-state index contributed by atoms with van der Waals surface area (Å²) in [4.78, 5) is 6.64. The van der Waals surface area contributed by atoms with E-state index in [4.69, 9.17) is 10.5 Å². The zero-order chi connectivity index (χ0) is 11.1. The van der Waals surface area contributed by atoms with Gasteiger partial charge < -0.3 is 15.4 Å². The first-order valence-corrected chi connectivity index (χ1v) is 6.33. The number of ether oxygens (including phenoxy) is 1. The van der Waals surface area contributed by atoms with Crippen LogP contribution in [0.3, 0.4) is 0 Å². The molecule has 2 aliphatic heterocycles. The molecule has 0 amide bonds. The van der Waals surface area contributed by atoms with Gasteiger partial charge in [-0.3, -0.25) is 0 Å². The summed E-state index contributed by atoms with van der Waals surface area (Å²) >= 11 is 3.37. The summed E-state index contributed by atoms with van der Waals surface area (Å²) in [6.07, 6.45) is 4.85. The third kappa shape index (κ3) is 1.78. The lowest BCUT2D eigenvalue weighted by molar-refractivity contribution is 0.0303. The molecule has 1 aromatic rings. The smallest absolute Gasteiger partial charge is 0.152 e. The second-order valence-corrected chi connectivity index (χ2v) is 5.34. The van der Waals surface area contributed by atoms with Crippen LogP contribution in [0.1, 0.15) is 12.8 Å². The van der Waals surface area contributed by atoms with E-state index in [0.29, 0.717) is 12.2 Å². The number of nitrogens with zero attached hydrogens (tertiary/aromatic N) is 2. The van der Waals surface area contributed by atoms with Crippen molar-refractivity contribution in [1.82, 2.24) is 4.98 Å². The lowest BCUT2D eigenvalue weighted by Gasteiger charge is -2.33. The molecule has 0 spiro atoms. The second-order valence-electron chi connectivity index (χ2n) is 4.43. The van der Waals surface area contributed by atoms with Gasteiger partial charge in [0, 0.05) is 23.8 Å². The molecule has 2 unspecified atom stereocenters. The Balaban J connectivity index is 1.87. The highest BCUT2D eigenvalue weighted by molar-refractivity contribution is 9.10. The number of rotatable bonds is 1. The zero-order valence-corrected chi connectivity index (χ0v) is 10.5. The Labute approximate surface area is 103 Å². The second kappa shape index (κ2) is 3.89. The summed E-state index contributed by atoms with van der Waals surface area (Å²) in [6.45, 7) is 1.82. The van der Waals surface area contributed by atoms with Crippen LogP contribution in [0, 0.1) is 0 Å². The van der Waals surface area contributed by atoms with Gasteiger partial charge in [0.1, 0.15) is 0 Å². The molecule has 2 bridgehead atoms. The molecule has 2 N–H and O–H groups in total. The molecule has 3 heterocycles. The topological polar surface area (TPSA) is 51.4 Å². The minimum atomic E-state index is 0.364. The highest BCUT2D eigenvalue weighted by atomic mass is 79.9. The van der Waals surface area contributed by atoms with Crippen LogP contribution < -0.4 is 10.6 Å². The van der Waals surface area contributed by atoms with Crippen molar-refractivity contribution in [3.05, 3.63) is 16.7 Å². The third-order valence-corrected chi connectivity index (χ3v) is 3.64. The SMILES string of the molecule is Nc1cc(Br)cnc1N1CC2CCC(C1)O2. The van der Waals surface area contributed by atoms with Crippen molar-refractivity contribution in [3.8, 4) is 0 Å². The molecule has 1 aromatic heterocycles. The third-order valence-electron chi connectivity index (χ3n) is 3.20. The van der Waals surface area contributed by atoms with Crippen LogP contribution in [0.2, 0.25) is 0 Å². The average molecular weight is 284 g/mol. The van der Waals surface area contributed by atoms with E-state index in [1.165, 1.54) is 0 Å². The van der Waals surface area contributed by atoms with Gasteiger partial charge in [0.15, 0.2) is 5.82 Å². The molecule has 2 atom stereocenters. The molecule has 4 nitrogen and oxygen atoms in total. The monoisotopic (exact) mass is 283 g/mol. The fourth-order valence-corrected chi connectivity index (χ4v) is 2.85. The molecule has 2 saturated heterocycles. The van der Waals surface area contributed by atoms with E-state index >= 15 is 0 Å². The first-order chi connectivity index (χ1) is 7.72. The Bertz CT molecular complexity index is 400. The van der Waals surface area contributed by atoms with Gasteiger partial charge in [-0.05, 0) is 34.8 Å². The van der Waals surface area contributed by atoms with Gasteiger partial charge in [-0.2, -0.15) is 0 Å². The Morgan fingerprint density at radius 1 is 1.38 bits per heavy atom. The molecule has 5 heteroatoms. The van der Waals surface area contributed by atoms with E-state index in [1.54, 1.807) is 6.20 Å². The highest BCUT2D eigenvalue weighted by Crippen LogP contribution is 2.31. The number of morpholine rings is 1. The molecule has 0 aromatic carbocycles. The molecule has 2 aliphatic rings. The van der Waals surface area contributed by atoms with E-state index in [2.05, 4.69) is 25.8 Å². The van der Waals surface area contributed by atoms with Crippen LogP contribution in [0.25, 0.3) is 0 Å². The number of hydrogen-bond acceptors (Lipinski definition) is 4. The predicted molar refractivity (Wildman–Crippen MR) is 66.5 cm³/mol. The van der Waals surface area contributed by atoms with Gasteiger partial charge in [-0.1, -0.05) is 0 Å². The molecule has 0 saturated carbocycles. The number of anilines is 2. The molecule has 2 fully saturated rings. The maximum absolute atomic E-state index is 5.99. The molecule has 16 heavy (non-hydrogen) atoms. The van der Waals surface area contributed by atoms with E-state index in [1.807, 2.05) is 6.07 Å². The largest absolute Gasteiger partial charge is 0.396 e. The Morgan fingerprint density at radius 3 is 2.69 bits per heavy atom. The number of fused-ring (bicyclic) bond motifs is 2. The van der Waals surface area contributed by atoms with Crippen LogP contribution in [0.15, 0.2) is 16.7 Å². The molecular formula is C11H14BrN3O. The molecule has 3 rings (SSSR count). The van der Waals surface area contributed by atoms with Crippen molar-refractivity contribution in [2.24, 2.45) is 0 Å². The summed E-state index contributed by atoms with van der Waals surface area (Å²) in [7, 11) is 0. The van der Waals surface area contributed by atoms with Crippen molar-refractivity contribution in [3.63, 3.8) is 0 Å². The summed E-state index contributed by atoms with van der Waals surface area (Å²) in [5, 5.41) is 0.